The summed E-state index contributed by atoms with van der Waals surface area (Å²) in [5.41, 5.74) is 0.465. The standard InChI is InChI=1S/C11H13F2N/c12-10-3-4-11(13)9(7-10)8-14-5-1-2-6-14/h3-4,7H,1-2,5-6,8H2. The van der Waals surface area contributed by atoms with E-state index in [1.165, 1.54) is 12.1 Å². The number of likely N-dealkylation sites (tertiary alicyclic amines) is 1. The van der Waals surface area contributed by atoms with Gasteiger partial charge in [-0.15, -0.1) is 0 Å². The van der Waals surface area contributed by atoms with Gasteiger partial charge in [0.25, 0.3) is 0 Å². The van der Waals surface area contributed by atoms with Crippen molar-refractivity contribution < 1.29 is 8.78 Å². The third-order valence-corrected chi connectivity index (χ3v) is 2.60. The fourth-order valence-corrected chi connectivity index (χ4v) is 1.85. The van der Waals surface area contributed by atoms with Crippen molar-refractivity contribution in [2.75, 3.05) is 13.1 Å². The summed E-state index contributed by atoms with van der Waals surface area (Å²) < 4.78 is 26.1. The van der Waals surface area contributed by atoms with Crippen molar-refractivity contribution in [3.8, 4) is 0 Å². The van der Waals surface area contributed by atoms with Gasteiger partial charge in [0.2, 0.25) is 0 Å². The lowest BCUT2D eigenvalue weighted by atomic mass is 10.2. The summed E-state index contributed by atoms with van der Waals surface area (Å²) in [6, 6.07) is 3.64. The molecule has 76 valence electrons. The Balaban J connectivity index is 2.10. The van der Waals surface area contributed by atoms with Crippen LogP contribution in [0.1, 0.15) is 18.4 Å². The molecular formula is C11H13F2N. The van der Waals surface area contributed by atoms with Crippen molar-refractivity contribution in [1.82, 2.24) is 4.90 Å². The van der Waals surface area contributed by atoms with Gasteiger partial charge >= 0.3 is 0 Å². The third kappa shape index (κ3) is 2.10. The fraction of sp³-hybridized carbons (Fsp3) is 0.455. The minimum absolute atomic E-state index is 0.307. The first-order chi connectivity index (χ1) is 6.75. The van der Waals surface area contributed by atoms with Crippen molar-refractivity contribution in [2.45, 2.75) is 19.4 Å². The van der Waals surface area contributed by atoms with E-state index in [9.17, 15) is 8.78 Å². The smallest absolute Gasteiger partial charge is 0.127 e. The van der Waals surface area contributed by atoms with Gasteiger partial charge in [0.15, 0.2) is 0 Å². The molecule has 0 bridgehead atoms. The maximum Gasteiger partial charge on any atom is 0.127 e. The molecule has 1 aliphatic heterocycles. The third-order valence-electron chi connectivity index (χ3n) is 2.60. The molecule has 14 heavy (non-hydrogen) atoms. The predicted octanol–water partition coefficient (Wildman–Crippen LogP) is 2.56. The maximum absolute atomic E-state index is 13.2. The van der Waals surface area contributed by atoms with Gasteiger partial charge < -0.3 is 0 Å². The van der Waals surface area contributed by atoms with Crippen molar-refractivity contribution in [3.63, 3.8) is 0 Å². The lowest BCUT2D eigenvalue weighted by Crippen LogP contribution is -2.19. The van der Waals surface area contributed by atoms with Crippen LogP contribution < -0.4 is 0 Å². The molecule has 1 saturated heterocycles. The Bertz CT molecular complexity index is 319. The van der Waals surface area contributed by atoms with Crippen LogP contribution in [0.2, 0.25) is 0 Å². The average Bonchev–Trinajstić information content (AvgIpc) is 2.64. The summed E-state index contributed by atoms with van der Waals surface area (Å²) in [5, 5.41) is 0. The number of hydrogen-bond donors (Lipinski definition) is 0. The summed E-state index contributed by atoms with van der Waals surface area (Å²) in [6.45, 7) is 2.52. The Labute approximate surface area is 82.3 Å². The van der Waals surface area contributed by atoms with Gasteiger partial charge in [-0.1, -0.05) is 0 Å². The van der Waals surface area contributed by atoms with Gasteiger partial charge in [-0.2, -0.15) is 0 Å². The molecular weight excluding hydrogens is 184 g/mol. The van der Waals surface area contributed by atoms with E-state index in [2.05, 4.69) is 4.90 Å². The number of hydrogen-bond acceptors (Lipinski definition) is 1. The first-order valence-electron chi connectivity index (χ1n) is 4.92. The minimum atomic E-state index is -0.361. The van der Waals surface area contributed by atoms with Gasteiger partial charge in [0.05, 0.1) is 0 Å². The monoisotopic (exact) mass is 197 g/mol. The molecule has 1 aromatic carbocycles. The minimum Gasteiger partial charge on any atom is -0.299 e. The molecule has 1 aromatic rings. The molecule has 1 aliphatic rings. The molecule has 0 aromatic heterocycles. The van der Waals surface area contributed by atoms with Crippen LogP contribution in [0.3, 0.4) is 0 Å². The lowest BCUT2D eigenvalue weighted by Gasteiger charge is -2.14. The summed E-state index contributed by atoms with van der Waals surface area (Å²) in [6.07, 6.45) is 2.33. The van der Waals surface area contributed by atoms with E-state index in [4.69, 9.17) is 0 Å². The normalized spacial score (nSPS) is 17.6. The van der Waals surface area contributed by atoms with Crippen LogP contribution >= 0.6 is 0 Å². The molecule has 0 spiro atoms. The van der Waals surface area contributed by atoms with E-state index in [0.29, 0.717) is 12.1 Å². The highest BCUT2D eigenvalue weighted by atomic mass is 19.1. The summed E-state index contributed by atoms with van der Waals surface area (Å²) in [5.74, 6) is -0.668. The maximum atomic E-state index is 13.2. The summed E-state index contributed by atoms with van der Waals surface area (Å²) in [4.78, 5) is 2.15. The van der Waals surface area contributed by atoms with E-state index in [0.717, 1.165) is 32.0 Å². The van der Waals surface area contributed by atoms with Gasteiger partial charge in [0.1, 0.15) is 11.6 Å². The Kier molecular flexibility index (Phi) is 2.77. The van der Waals surface area contributed by atoms with Crippen LogP contribution in [-0.2, 0) is 6.54 Å². The molecule has 2 rings (SSSR count). The SMILES string of the molecule is Fc1ccc(F)c(CN2CCCC2)c1. The van der Waals surface area contributed by atoms with Crippen LogP contribution in [0.25, 0.3) is 0 Å². The first kappa shape index (κ1) is 9.59. The highest BCUT2D eigenvalue weighted by Crippen LogP contribution is 2.16. The first-order valence-corrected chi connectivity index (χ1v) is 4.92. The number of benzene rings is 1. The largest absolute Gasteiger partial charge is 0.299 e. The van der Waals surface area contributed by atoms with E-state index in [-0.39, 0.29) is 11.6 Å². The number of halogens is 2. The van der Waals surface area contributed by atoms with Crippen molar-refractivity contribution >= 4 is 0 Å². The van der Waals surface area contributed by atoms with Crippen molar-refractivity contribution in [1.29, 1.82) is 0 Å². The summed E-state index contributed by atoms with van der Waals surface area (Å²) >= 11 is 0. The molecule has 0 radical (unpaired) electrons. The van der Waals surface area contributed by atoms with Crippen LogP contribution in [0.15, 0.2) is 18.2 Å². The van der Waals surface area contributed by atoms with Crippen LogP contribution in [-0.4, -0.2) is 18.0 Å². The van der Waals surface area contributed by atoms with Crippen LogP contribution in [0.5, 0.6) is 0 Å². The average molecular weight is 197 g/mol. The molecule has 1 heterocycles. The Morgan fingerprint density at radius 1 is 1.14 bits per heavy atom. The molecule has 0 N–H and O–H groups in total. The Morgan fingerprint density at radius 2 is 1.86 bits per heavy atom. The molecule has 1 nitrogen and oxygen atoms in total. The van der Waals surface area contributed by atoms with Gasteiger partial charge in [0, 0.05) is 12.1 Å². The molecule has 3 heteroatoms. The van der Waals surface area contributed by atoms with E-state index in [1.54, 1.807) is 0 Å². The quantitative estimate of drug-likeness (QED) is 0.704. The molecule has 0 unspecified atom stereocenters. The van der Waals surface area contributed by atoms with E-state index >= 15 is 0 Å². The van der Waals surface area contributed by atoms with E-state index < -0.39 is 0 Å². The molecule has 1 fully saturated rings. The van der Waals surface area contributed by atoms with Gasteiger partial charge in [-0.25, -0.2) is 8.78 Å². The van der Waals surface area contributed by atoms with Crippen LogP contribution in [0, 0.1) is 11.6 Å². The second-order valence-electron chi connectivity index (χ2n) is 3.72. The van der Waals surface area contributed by atoms with Crippen LogP contribution in [0.4, 0.5) is 8.78 Å². The zero-order valence-electron chi connectivity index (χ0n) is 7.97. The highest BCUT2D eigenvalue weighted by Gasteiger charge is 2.14. The zero-order chi connectivity index (χ0) is 9.97. The number of nitrogens with zero attached hydrogens (tertiary/aromatic N) is 1. The van der Waals surface area contributed by atoms with Crippen molar-refractivity contribution in [3.05, 3.63) is 35.4 Å². The molecule has 0 aliphatic carbocycles. The van der Waals surface area contributed by atoms with Crippen molar-refractivity contribution in [2.24, 2.45) is 0 Å². The topological polar surface area (TPSA) is 3.24 Å². The predicted molar refractivity (Wildman–Crippen MR) is 50.9 cm³/mol. The number of rotatable bonds is 2. The lowest BCUT2D eigenvalue weighted by molar-refractivity contribution is 0.324. The van der Waals surface area contributed by atoms with E-state index in [1.807, 2.05) is 0 Å². The Hall–Kier alpha value is -0.960. The van der Waals surface area contributed by atoms with Gasteiger partial charge in [-0.3, -0.25) is 4.90 Å². The zero-order valence-corrected chi connectivity index (χ0v) is 7.97. The fourth-order valence-electron chi connectivity index (χ4n) is 1.85. The molecule has 0 amide bonds. The Morgan fingerprint density at radius 3 is 2.57 bits per heavy atom. The second kappa shape index (κ2) is 4.05. The second-order valence-corrected chi connectivity index (χ2v) is 3.72. The summed E-state index contributed by atoms with van der Waals surface area (Å²) in [7, 11) is 0. The molecule has 0 saturated carbocycles. The molecule has 0 atom stereocenters. The van der Waals surface area contributed by atoms with Gasteiger partial charge in [-0.05, 0) is 44.1 Å². The highest BCUT2D eigenvalue weighted by molar-refractivity contribution is 5.18.